The highest BCUT2D eigenvalue weighted by molar-refractivity contribution is 6.03. The van der Waals surface area contributed by atoms with Crippen LogP contribution in [-0.4, -0.2) is 36.4 Å². The first-order chi connectivity index (χ1) is 9.49. The minimum absolute atomic E-state index is 0.0771. The number of amidine groups is 1. The Hall–Kier alpha value is -2.04. The number of rotatable bonds is 2. The van der Waals surface area contributed by atoms with Crippen LogP contribution >= 0.6 is 0 Å². The molecule has 0 saturated heterocycles. The first-order valence-electron chi connectivity index (χ1n) is 6.99. The van der Waals surface area contributed by atoms with Crippen molar-refractivity contribution in [3.05, 3.63) is 29.3 Å². The van der Waals surface area contributed by atoms with Crippen LogP contribution in [0.2, 0.25) is 0 Å². The first kappa shape index (κ1) is 13.0. The van der Waals surface area contributed by atoms with Crippen LogP contribution in [0.25, 0.3) is 0 Å². The highest BCUT2D eigenvalue weighted by Gasteiger charge is 2.36. The van der Waals surface area contributed by atoms with E-state index in [0.29, 0.717) is 5.84 Å². The SMILES string of the molecule is CC(C)N1C(=O)N=C(N)C1c1ccc2c(c1)CCN2C. The summed E-state index contributed by atoms with van der Waals surface area (Å²) < 4.78 is 0. The van der Waals surface area contributed by atoms with Gasteiger partial charge in [0.25, 0.3) is 0 Å². The second-order valence-corrected chi connectivity index (χ2v) is 5.78. The van der Waals surface area contributed by atoms with Gasteiger partial charge in [0.15, 0.2) is 0 Å². The highest BCUT2D eigenvalue weighted by Crippen LogP contribution is 2.34. The van der Waals surface area contributed by atoms with Crippen LogP contribution in [0.5, 0.6) is 0 Å². The molecule has 2 aliphatic heterocycles. The van der Waals surface area contributed by atoms with Crippen LogP contribution in [-0.2, 0) is 6.42 Å². The number of amides is 2. The molecule has 0 fully saturated rings. The fourth-order valence-corrected chi connectivity index (χ4v) is 3.09. The smallest absolute Gasteiger partial charge is 0.346 e. The predicted molar refractivity (Wildman–Crippen MR) is 80.2 cm³/mol. The van der Waals surface area contributed by atoms with E-state index in [1.165, 1.54) is 11.3 Å². The van der Waals surface area contributed by atoms with Gasteiger partial charge in [0, 0.05) is 25.3 Å². The van der Waals surface area contributed by atoms with E-state index in [0.717, 1.165) is 18.5 Å². The zero-order valence-corrected chi connectivity index (χ0v) is 12.1. The molecule has 3 rings (SSSR count). The molecular weight excluding hydrogens is 252 g/mol. The third kappa shape index (κ3) is 1.85. The van der Waals surface area contributed by atoms with Crippen LogP contribution in [0, 0.1) is 0 Å². The zero-order chi connectivity index (χ0) is 14.4. The molecule has 5 heteroatoms. The summed E-state index contributed by atoms with van der Waals surface area (Å²) in [7, 11) is 2.10. The van der Waals surface area contributed by atoms with E-state index in [4.69, 9.17) is 5.73 Å². The van der Waals surface area contributed by atoms with E-state index in [1.807, 2.05) is 13.8 Å². The van der Waals surface area contributed by atoms with E-state index < -0.39 is 0 Å². The number of benzene rings is 1. The Morgan fingerprint density at radius 1 is 1.40 bits per heavy atom. The number of aliphatic imine (C=N–C) groups is 1. The van der Waals surface area contributed by atoms with Crippen molar-refractivity contribution in [3.63, 3.8) is 0 Å². The van der Waals surface area contributed by atoms with Gasteiger partial charge in [-0.2, -0.15) is 4.99 Å². The standard InChI is InChI=1S/C15H20N4O/c1-9(2)19-13(14(16)17-15(19)20)11-4-5-12-10(8-11)6-7-18(12)3/h4-5,8-9,13H,6-7H2,1-3H3,(H2,16,17,20). The van der Waals surface area contributed by atoms with Gasteiger partial charge >= 0.3 is 6.03 Å². The summed E-state index contributed by atoms with van der Waals surface area (Å²) in [6.07, 6.45) is 1.04. The Kier molecular flexibility index (Phi) is 2.92. The van der Waals surface area contributed by atoms with E-state index >= 15 is 0 Å². The van der Waals surface area contributed by atoms with Gasteiger partial charge in [0.05, 0.1) is 0 Å². The lowest BCUT2D eigenvalue weighted by Gasteiger charge is -2.28. The number of likely N-dealkylation sites (N-methyl/N-ethyl adjacent to an activating group) is 1. The number of nitrogens with two attached hydrogens (primary N) is 1. The summed E-state index contributed by atoms with van der Waals surface area (Å²) in [4.78, 5) is 19.9. The molecule has 0 spiro atoms. The second kappa shape index (κ2) is 4.51. The Bertz CT molecular complexity index is 594. The monoisotopic (exact) mass is 272 g/mol. The van der Waals surface area contributed by atoms with Crippen molar-refractivity contribution in [3.8, 4) is 0 Å². The Morgan fingerprint density at radius 2 is 2.15 bits per heavy atom. The van der Waals surface area contributed by atoms with Crippen LogP contribution in [0.1, 0.15) is 31.0 Å². The van der Waals surface area contributed by atoms with Crippen LogP contribution in [0.15, 0.2) is 23.2 Å². The number of anilines is 1. The number of hydrogen-bond acceptors (Lipinski definition) is 3. The molecular formula is C15H20N4O. The van der Waals surface area contributed by atoms with Gasteiger partial charge in [-0.25, -0.2) is 4.79 Å². The summed E-state index contributed by atoms with van der Waals surface area (Å²) in [5.41, 5.74) is 9.62. The molecule has 1 atom stereocenters. The summed E-state index contributed by atoms with van der Waals surface area (Å²) in [6.45, 7) is 5.01. The van der Waals surface area contributed by atoms with Crippen LogP contribution in [0.4, 0.5) is 10.5 Å². The third-order valence-corrected chi connectivity index (χ3v) is 4.11. The summed E-state index contributed by atoms with van der Waals surface area (Å²) >= 11 is 0. The molecule has 2 aliphatic rings. The molecule has 2 heterocycles. The predicted octanol–water partition coefficient (Wildman–Crippen LogP) is 1.92. The van der Waals surface area contributed by atoms with Gasteiger partial charge in [-0.3, -0.25) is 0 Å². The van der Waals surface area contributed by atoms with Gasteiger partial charge in [0.1, 0.15) is 11.9 Å². The molecule has 1 aromatic rings. The molecule has 1 unspecified atom stereocenters. The van der Waals surface area contributed by atoms with E-state index in [2.05, 4.69) is 35.1 Å². The molecule has 0 saturated carbocycles. The quantitative estimate of drug-likeness (QED) is 0.894. The van der Waals surface area contributed by atoms with Crippen LogP contribution < -0.4 is 10.6 Å². The molecule has 20 heavy (non-hydrogen) atoms. The molecule has 0 aromatic heterocycles. The average molecular weight is 272 g/mol. The Balaban J connectivity index is 2.00. The maximum absolute atomic E-state index is 11.9. The van der Waals surface area contributed by atoms with Gasteiger partial charge in [-0.1, -0.05) is 12.1 Å². The normalized spacial score (nSPS) is 21.7. The van der Waals surface area contributed by atoms with E-state index in [-0.39, 0.29) is 18.1 Å². The fourth-order valence-electron chi connectivity index (χ4n) is 3.09. The number of carbonyl (C=O) groups excluding carboxylic acids is 1. The van der Waals surface area contributed by atoms with Crippen molar-refractivity contribution in [2.24, 2.45) is 10.7 Å². The number of nitrogens with zero attached hydrogens (tertiary/aromatic N) is 3. The molecule has 1 aromatic carbocycles. The van der Waals surface area contributed by atoms with Crippen molar-refractivity contribution in [1.82, 2.24) is 4.90 Å². The highest BCUT2D eigenvalue weighted by atomic mass is 16.2. The summed E-state index contributed by atoms with van der Waals surface area (Å²) in [6, 6.07) is 5.96. The number of hydrogen-bond donors (Lipinski definition) is 1. The second-order valence-electron chi connectivity index (χ2n) is 5.78. The maximum Gasteiger partial charge on any atom is 0.346 e. The lowest BCUT2D eigenvalue weighted by atomic mass is 10.00. The Labute approximate surface area is 119 Å². The largest absolute Gasteiger partial charge is 0.385 e. The van der Waals surface area contributed by atoms with Gasteiger partial charge < -0.3 is 15.5 Å². The van der Waals surface area contributed by atoms with Crippen LogP contribution in [0.3, 0.4) is 0 Å². The zero-order valence-electron chi connectivity index (χ0n) is 12.1. The number of carbonyl (C=O) groups is 1. The topological polar surface area (TPSA) is 61.9 Å². The average Bonchev–Trinajstić information content (AvgIpc) is 2.89. The number of urea groups is 1. The van der Waals surface area contributed by atoms with Crippen molar-refractivity contribution < 1.29 is 4.79 Å². The lowest BCUT2D eigenvalue weighted by molar-refractivity contribution is 0.190. The third-order valence-electron chi connectivity index (χ3n) is 4.11. The van der Waals surface area contributed by atoms with Gasteiger partial charge in [-0.05, 0) is 37.5 Å². The fraction of sp³-hybridized carbons (Fsp3) is 0.467. The van der Waals surface area contributed by atoms with Crippen molar-refractivity contribution >= 4 is 17.6 Å². The minimum Gasteiger partial charge on any atom is -0.385 e. The summed E-state index contributed by atoms with van der Waals surface area (Å²) in [5, 5.41) is 0. The maximum atomic E-state index is 11.9. The molecule has 0 radical (unpaired) electrons. The molecule has 2 N–H and O–H groups in total. The summed E-state index contributed by atoms with van der Waals surface area (Å²) in [5.74, 6) is 0.398. The van der Waals surface area contributed by atoms with Crippen molar-refractivity contribution in [2.45, 2.75) is 32.4 Å². The number of fused-ring (bicyclic) bond motifs is 1. The van der Waals surface area contributed by atoms with Gasteiger partial charge in [-0.15, -0.1) is 0 Å². The first-order valence-corrected chi connectivity index (χ1v) is 6.99. The van der Waals surface area contributed by atoms with E-state index in [9.17, 15) is 4.79 Å². The van der Waals surface area contributed by atoms with E-state index in [1.54, 1.807) is 4.90 Å². The van der Waals surface area contributed by atoms with Crippen molar-refractivity contribution in [1.29, 1.82) is 0 Å². The molecule has 0 bridgehead atoms. The minimum atomic E-state index is -0.236. The Morgan fingerprint density at radius 3 is 2.85 bits per heavy atom. The molecule has 5 nitrogen and oxygen atoms in total. The molecule has 2 amide bonds. The van der Waals surface area contributed by atoms with Crippen molar-refractivity contribution in [2.75, 3.05) is 18.5 Å². The van der Waals surface area contributed by atoms with Gasteiger partial charge in [0.2, 0.25) is 0 Å². The molecule has 0 aliphatic carbocycles. The molecule has 106 valence electrons. The lowest BCUT2D eigenvalue weighted by Crippen LogP contribution is -2.38.